The fraction of sp³-hybridized carbons (Fsp3) is 0.222. The number of carbonyl (C=O) groups is 2. The molecule has 3 aromatic heterocycles. The number of nitrogens with one attached hydrogen (secondary N) is 1. The van der Waals surface area contributed by atoms with Gasteiger partial charge in [-0.25, -0.2) is 9.78 Å². The van der Waals surface area contributed by atoms with Crippen LogP contribution in [0.15, 0.2) is 29.9 Å². The molecule has 0 radical (unpaired) electrons. The maximum absolute atomic E-state index is 12.4. The van der Waals surface area contributed by atoms with E-state index in [1.807, 2.05) is 31.4 Å². The molecule has 1 amide bonds. The second-order valence-electron chi connectivity index (χ2n) is 5.59. The summed E-state index contributed by atoms with van der Waals surface area (Å²) in [5.41, 5.74) is 2.83. The molecule has 0 aliphatic carbocycles. The maximum atomic E-state index is 12.4. The Balaban J connectivity index is 1.73. The van der Waals surface area contributed by atoms with Gasteiger partial charge in [0, 0.05) is 28.2 Å². The first-order chi connectivity index (χ1) is 12.5. The lowest BCUT2D eigenvalue weighted by molar-refractivity contribution is -0.115. The fourth-order valence-electron chi connectivity index (χ4n) is 2.41. The third kappa shape index (κ3) is 3.81. The first-order valence-electron chi connectivity index (χ1n) is 7.82. The van der Waals surface area contributed by atoms with E-state index in [9.17, 15) is 9.59 Å². The maximum Gasteiger partial charge on any atom is 0.341 e. The van der Waals surface area contributed by atoms with E-state index < -0.39 is 5.97 Å². The molecule has 134 valence electrons. The van der Waals surface area contributed by atoms with Gasteiger partial charge < -0.3 is 10.1 Å². The third-order valence-corrected chi connectivity index (χ3v) is 5.89. The Bertz CT molecular complexity index is 948. The van der Waals surface area contributed by atoms with E-state index in [4.69, 9.17) is 4.74 Å². The monoisotopic (exact) mass is 387 g/mol. The van der Waals surface area contributed by atoms with Gasteiger partial charge in [0.05, 0.1) is 24.8 Å². The van der Waals surface area contributed by atoms with E-state index in [0.29, 0.717) is 16.3 Å². The first kappa shape index (κ1) is 18.2. The molecular weight excluding hydrogens is 370 g/mol. The highest BCUT2D eigenvalue weighted by Gasteiger charge is 2.22. The summed E-state index contributed by atoms with van der Waals surface area (Å²) < 4.78 is 4.82. The van der Waals surface area contributed by atoms with Crippen LogP contribution in [0.4, 0.5) is 5.00 Å². The van der Waals surface area contributed by atoms with Crippen LogP contribution in [0.3, 0.4) is 0 Å². The highest BCUT2D eigenvalue weighted by molar-refractivity contribution is 7.16. The van der Waals surface area contributed by atoms with Crippen LogP contribution in [0.1, 0.15) is 26.5 Å². The Hall–Kier alpha value is -2.58. The van der Waals surface area contributed by atoms with Gasteiger partial charge in [0.25, 0.3) is 0 Å². The topological polar surface area (TPSA) is 81.2 Å². The van der Waals surface area contributed by atoms with Gasteiger partial charge in [-0.2, -0.15) is 0 Å². The van der Waals surface area contributed by atoms with E-state index >= 15 is 0 Å². The lowest BCUT2D eigenvalue weighted by atomic mass is 10.1. The smallest absolute Gasteiger partial charge is 0.341 e. The normalized spacial score (nSPS) is 10.6. The summed E-state index contributed by atoms with van der Waals surface area (Å²) in [7, 11) is 1.33. The van der Waals surface area contributed by atoms with E-state index in [2.05, 4.69) is 15.3 Å². The second kappa shape index (κ2) is 7.76. The molecular formula is C18H17N3O3S2. The van der Waals surface area contributed by atoms with Crippen molar-refractivity contribution in [2.24, 2.45) is 0 Å². The average molecular weight is 387 g/mol. The zero-order valence-electron chi connectivity index (χ0n) is 14.5. The molecule has 3 rings (SSSR count). The number of carbonyl (C=O) groups excluding carboxylic acids is 2. The lowest BCUT2D eigenvalue weighted by Gasteiger charge is -2.05. The van der Waals surface area contributed by atoms with Crippen molar-refractivity contribution in [1.29, 1.82) is 0 Å². The Labute approximate surface area is 158 Å². The number of pyridine rings is 1. The van der Waals surface area contributed by atoms with Gasteiger partial charge in [0.2, 0.25) is 5.91 Å². The van der Waals surface area contributed by atoms with Crippen LogP contribution >= 0.6 is 22.7 Å². The molecule has 0 saturated carbocycles. The molecule has 0 fully saturated rings. The predicted molar refractivity (Wildman–Crippen MR) is 103 cm³/mol. The standard InChI is InChI=1S/C18H17N3O3S2/c1-10-11(2)26-17(15(10)18(23)24-3)21-14(22)7-13-9-25-16(20-13)12-5-4-6-19-8-12/h4-6,8-9H,7H2,1-3H3,(H,21,22). The van der Waals surface area contributed by atoms with Crippen LogP contribution < -0.4 is 5.32 Å². The SMILES string of the molecule is COC(=O)c1c(NC(=O)Cc2csc(-c3cccnc3)n2)sc(C)c1C. The van der Waals surface area contributed by atoms with Gasteiger partial charge in [0.15, 0.2) is 0 Å². The van der Waals surface area contributed by atoms with E-state index in [0.717, 1.165) is 21.0 Å². The van der Waals surface area contributed by atoms with Crippen LogP contribution in [0.5, 0.6) is 0 Å². The van der Waals surface area contributed by atoms with Crippen LogP contribution in [0.2, 0.25) is 0 Å². The molecule has 0 aromatic carbocycles. The fourth-order valence-corrected chi connectivity index (χ4v) is 4.28. The van der Waals surface area contributed by atoms with Crippen molar-refractivity contribution in [3.8, 4) is 10.6 Å². The number of hydrogen-bond acceptors (Lipinski definition) is 7. The molecule has 0 atom stereocenters. The summed E-state index contributed by atoms with van der Waals surface area (Å²) >= 11 is 2.83. The van der Waals surface area contributed by atoms with E-state index in [-0.39, 0.29) is 12.3 Å². The minimum absolute atomic E-state index is 0.132. The minimum atomic E-state index is -0.449. The molecule has 0 unspecified atom stereocenters. The summed E-state index contributed by atoms with van der Waals surface area (Å²) in [5, 5.41) is 6.00. The zero-order chi connectivity index (χ0) is 18.7. The van der Waals surface area contributed by atoms with E-state index in [1.165, 1.54) is 29.8 Å². The number of esters is 1. The van der Waals surface area contributed by atoms with Crippen molar-refractivity contribution in [2.45, 2.75) is 20.3 Å². The number of aromatic nitrogens is 2. The summed E-state index contributed by atoms with van der Waals surface area (Å²) in [6, 6.07) is 3.77. The highest BCUT2D eigenvalue weighted by Crippen LogP contribution is 2.33. The van der Waals surface area contributed by atoms with Crippen LogP contribution in [0.25, 0.3) is 10.6 Å². The summed E-state index contributed by atoms with van der Waals surface area (Å²) in [6.45, 7) is 3.75. The van der Waals surface area contributed by atoms with Gasteiger partial charge in [0.1, 0.15) is 10.0 Å². The number of methoxy groups -OCH3 is 1. The molecule has 0 aliphatic heterocycles. The number of amides is 1. The highest BCUT2D eigenvalue weighted by atomic mass is 32.1. The molecule has 0 saturated heterocycles. The molecule has 0 spiro atoms. The van der Waals surface area contributed by atoms with Crippen LogP contribution in [-0.4, -0.2) is 29.0 Å². The Morgan fingerprint density at radius 3 is 2.81 bits per heavy atom. The van der Waals surface area contributed by atoms with Gasteiger partial charge in [-0.15, -0.1) is 22.7 Å². The van der Waals surface area contributed by atoms with Gasteiger partial charge in [-0.05, 0) is 31.5 Å². The van der Waals surface area contributed by atoms with Gasteiger partial charge in [-0.1, -0.05) is 0 Å². The average Bonchev–Trinajstić information content (AvgIpc) is 3.20. The van der Waals surface area contributed by atoms with Gasteiger partial charge >= 0.3 is 5.97 Å². The second-order valence-corrected chi connectivity index (χ2v) is 7.67. The first-order valence-corrected chi connectivity index (χ1v) is 9.52. The van der Waals surface area contributed by atoms with E-state index in [1.54, 1.807) is 12.4 Å². The number of nitrogens with zero attached hydrogens (tertiary/aromatic N) is 2. The van der Waals surface area contributed by atoms with Gasteiger partial charge in [-0.3, -0.25) is 9.78 Å². The molecule has 0 bridgehead atoms. The number of thiazole rings is 1. The van der Waals surface area contributed by atoms with Crippen molar-refractivity contribution in [2.75, 3.05) is 12.4 Å². The molecule has 3 aromatic rings. The number of aryl methyl sites for hydroxylation is 1. The number of hydrogen-bond donors (Lipinski definition) is 1. The minimum Gasteiger partial charge on any atom is -0.465 e. The third-order valence-electron chi connectivity index (χ3n) is 3.83. The molecule has 0 aliphatic rings. The zero-order valence-corrected chi connectivity index (χ0v) is 16.2. The summed E-state index contributed by atoms with van der Waals surface area (Å²) in [6.07, 6.45) is 3.57. The Kier molecular flexibility index (Phi) is 5.43. The molecule has 26 heavy (non-hydrogen) atoms. The quantitative estimate of drug-likeness (QED) is 0.673. The molecule has 1 N–H and O–H groups in total. The molecule has 8 heteroatoms. The molecule has 3 heterocycles. The Morgan fingerprint density at radius 2 is 2.12 bits per heavy atom. The number of ether oxygens (including phenoxy) is 1. The van der Waals surface area contributed by atoms with Crippen molar-refractivity contribution in [3.63, 3.8) is 0 Å². The van der Waals surface area contributed by atoms with Crippen LogP contribution in [0, 0.1) is 13.8 Å². The van der Waals surface area contributed by atoms with Crippen molar-refractivity contribution < 1.29 is 14.3 Å². The molecule has 6 nitrogen and oxygen atoms in total. The summed E-state index contributed by atoms with van der Waals surface area (Å²) in [4.78, 5) is 33.9. The number of rotatable bonds is 5. The largest absolute Gasteiger partial charge is 0.465 e. The van der Waals surface area contributed by atoms with Crippen molar-refractivity contribution in [1.82, 2.24) is 9.97 Å². The lowest BCUT2D eigenvalue weighted by Crippen LogP contribution is -2.16. The predicted octanol–water partition coefficient (Wildman–Crippen LogP) is 3.85. The number of anilines is 1. The van der Waals surface area contributed by atoms with Crippen molar-refractivity contribution >= 4 is 39.6 Å². The van der Waals surface area contributed by atoms with Crippen molar-refractivity contribution in [3.05, 3.63) is 51.6 Å². The number of thiophene rings is 1. The summed E-state index contributed by atoms with van der Waals surface area (Å²) in [5.74, 6) is -0.672. The van der Waals surface area contributed by atoms with Crippen LogP contribution in [-0.2, 0) is 16.0 Å². The Morgan fingerprint density at radius 1 is 1.31 bits per heavy atom.